The van der Waals surface area contributed by atoms with Crippen LogP contribution in [0.4, 0.5) is 5.69 Å². The first kappa shape index (κ1) is 32.1. The first-order valence-electron chi connectivity index (χ1n) is 16.6. The summed E-state index contributed by atoms with van der Waals surface area (Å²) in [4.78, 5) is 64.9. The van der Waals surface area contributed by atoms with Crippen molar-refractivity contribution in [1.29, 1.82) is 0 Å². The lowest BCUT2D eigenvalue weighted by Crippen LogP contribution is -2.51. The summed E-state index contributed by atoms with van der Waals surface area (Å²) in [6.07, 6.45) is 8.74. The summed E-state index contributed by atoms with van der Waals surface area (Å²) in [5.74, 6) is -2.32. The number of benzene rings is 3. The monoisotopic (exact) mass is 663 g/mol. The molecule has 0 saturated heterocycles. The standard InChI is InChI=1S/C38H37N3O8/c42-33(39-20-38-17-22-8-23(18-38)10-24(9-22)19-38)30-16-32-25(6-7-49-32)15-29(30)34(43)41-31(11-21-4-2-1-3-5-21)35(44)40-28-13-26(36(45)46)12-27(14-28)37(47)48/h1-7,12-16,22-24,31H,8-11,17-20H2,(H,39,42)(H,40,44)(H,41,43)(H,45,46)(H,47,48)/t22?,23?,24?,31-,38?/m0/s1. The molecule has 4 aromatic rings. The van der Waals surface area contributed by atoms with Gasteiger partial charge in [-0.2, -0.15) is 0 Å². The van der Waals surface area contributed by atoms with Gasteiger partial charge >= 0.3 is 11.9 Å². The molecular formula is C38H37N3O8. The third-order valence-electron chi connectivity index (χ3n) is 10.5. The normalized spacial score (nSPS) is 22.7. The van der Waals surface area contributed by atoms with E-state index >= 15 is 0 Å². The summed E-state index contributed by atoms with van der Waals surface area (Å²) in [5.41, 5.74) is 0.758. The molecule has 3 amide bonds. The van der Waals surface area contributed by atoms with E-state index < -0.39 is 35.7 Å². The molecule has 49 heavy (non-hydrogen) atoms. The molecule has 0 radical (unpaired) electrons. The van der Waals surface area contributed by atoms with Gasteiger partial charge in [-0.05, 0) is 104 Å². The van der Waals surface area contributed by atoms with Gasteiger partial charge in [0.25, 0.3) is 11.8 Å². The number of nitrogens with one attached hydrogen (secondary N) is 3. The van der Waals surface area contributed by atoms with Gasteiger partial charge in [-0.1, -0.05) is 30.3 Å². The fraction of sp³-hybridized carbons (Fsp3) is 0.342. The van der Waals surface area contributed by atoms with Gasteiger partial charge in [0, 0.05) is 24.0 Å². The zero-order chi connectivity index (χ0) is 34.3. The van der Waals surface area contributed by atoms with Gasteiger partial charge in [-0.3, -0.25) is 14.4 Å². The number of hydrogen-bond acceptors (Lipinski definition) is 6. The predicted octanol–water partition coefficient (Wildman–Crippen LogP) is 5.76. The second-order valence-electron chi connectivity index (χ2n) is 14.1. The third kappa shape index (κ3) is 6.78. The van der Waals surface area contributed by atoms with E-state index in [1.165, 1.54) is 25.5 Å². The fourth-order valence-electron chi connectivity index (χ4n) is 8.73. The summed E-state index contributed by atoms with van der Waals surface area (Å²) >= 11 is 0. The molecule has 8 rings (SSSR count). The molecule has 1 aromatic heterocycles. The maximum atomic E-state index is 14.0. The average Bonchev–Trinajstić information content (AvgIpc) is 3.54. The van der Waals surface area contributed by atoms with E-state index in [0.29, 0.717) is 17.5 Å². The maximum Gasteiger partial charge on any atom is 0.335 e. The average molecular weight is 664 g/mol. The minimum Gasteiger partial charge on any atom is -0.478 e. The summed E-state index contributed by atoms with van der Waals surface area (Å²) in [7, 11) is 0. The lowest BCUT2D eigenvalue weighted by molar-refractivity contribution is -0.118. The molecule has 11 nitrogen and oxygen atoms in total. The lowest BCUT2D eigenvalue weighted by atomic mass is 9.49. The molecule has 0 unspecified atom stereocenters. The van der Waals surface area contributed by atoms with Crippen molar-refractivity contribution in [2.24, 2.45) is 23.2 Å². The van der Waals surface area contributed by atoms with Gasteiger partial charge in [0.2, 0.25) is 5.91 Å². The molecule has 0 aliphatic heterocycles. The number of rotatable bonds is 11. The van der Waals surface area contributed by atoms with E-state index in [1.807, 2.05) is 6.07 Å². The molecule has 4 bridgehead atoms. The van der Waals surface area contributed by atoms with Crippen LogP contribution in [0.15, 0.2) is 77.4 Å². The number of carbonyl (C=O) groups excluding carboxylic acids is 3. The summed E-state index contributed by atoms with van der Waals surface area (Å²) in [6.45, 7) is 0.541. The van der Waals surface area contributed by atoms with Crippen LogP contribution in [0.5, 0.6) is 0 Å². The number of furan rings is 1. The molecule has 4 saturated carbocycles. The minimum absolute atomic E-state index is 0.0563. The fourth-order valence-corrected chi connectivity index (χ4v) is 8.73. The van der Waals surface area contributed by atoms with Crippen LogP contribution in [0.3, 0.4) is 0 Å². The van der Waals surface area contributed by atoms with Crippen LogP contribution in [-0.2, 0) is 11.2 Å². The van der Waals surface area contributed by atoms with Crippen molar-refractivity contribution in [2.75, 3.05) is 11.9 Å². The Labute approximate surface area is 282 Å². The molecule has 1 atom stereocenters. The highest BCUT2D eigenvalue weighted by molar-refractivity contribution is 6.11. The Hall–Kier alpha value is -5.45. The Morgan fingerprint density at radius 3 is 2.00 bits per heavy atom. The Morgan fingerprint density at radius 1 is 0.776 bits per heavy atom. The molecule has 252 valence electrons. The van der Waals surface area contributed by atoms with Crippen LogP contribution < -0.4 is 16.0 Å². The second kappa shape index (κ2) is 12.9. The first-order chi connectivity index (χ1) is 23.5. The highest BCUT2D eigenvalue weighted by atomic mass is 16.4. The molecule has 1 heterocycles. The maximum absolute atomic E-state index is 14.0. The molecule has 11 heteroatoms. The number of carbonyl (C=O) groups is 5. The lowest BCUT2D eigenvalue weighted by Gasteiger charge is -2.56. The van der Waals surface area contributed by atoms with E-state index in [0.717, 1.165) is 60.8 Å². The molecule has 4 aliphatic rings. The SMILES string of the molecule is O=C(O)c1cc(NC(=O)[C@H](Cc2ccccc2)NC(=O)c2cc3ccoc3cc2C(=O)NCC23CC4CC(CC(C4)C2)C3)cc(C(=O)O)c1. The number of fused-ring (bicyclic) bond motifs is 1. The van der Waals surface area contributed by atoms with Gasteiger partial charge in [-0.15, -0.1) is 0 Å². The van der Waals surface area contributed by atoms with Crippen molar-refractivity contribution < 1.29 is 38.6 Å². The number of carboxylic acids is 2. The number of hydrogen-bond donors (Lipinski definition) is 5. The zero-order valence-corrected chi connectivity index (χ0v) is 26.7. The van der Waals surface area contributed by atoms with Gasteiger partial charge in [-0.25, -0.2) is 9.59 Å². The predicted molar refractivity (Wildman–Crippen MR) is 180 cm³/mol. The Morgan fingerprint density at radius 2 is 1.39 bits per heavy atom. The van der Waals surface area contributed by atoms with Crippen molar-refractivity contribution in [2.45, 2.75) is 51.0 Å². The number of anilines is 1. The smallest absolute Gasteiger partial charge is 0.335 e. The van der Waals surface area contributed by atoms with Crippen molar-refractivity contribution in [3.8, 4) is 0 Å². The molecule has 5 N–H and O–H groups in total. The summed E-state index contributed by atoms with van der Waals surface area (Å²) in [6, 6.07) is 15.9. The highest BCUT2D eigenvalue weighted by Crippen LogP contribution is 2.59. The van der Waals surface area contributed by atoms with Crippen LogP contribution >= 0.6 is 0 Å². The molecule has 4 fully saturated rings. The van der Waals surface area contributed by atoms with Crippen LogP contribution in [0.25, 0.3) is 11.0 Å². The Bertz CT molecular complexity index is 1900. The zero-order valence-electron chi connectivity index (χ0n) is 26.7. The van der Waals surface area contributed by atoms with Crippen LogP contribution in [0, 0.1) is 23.2 Å². The second-order valence-corrected chi connectivity index (χ2v) is 14.1. The summed E-state index contributed by atoms with van der Waals surface area (Å²) in [5, 5.41) is 28.1. The third-order valence-corrected chi connectivity index (χ3v) is 10.5. The van der Waals surface area contributed by atoms with Gasteiger partial charge in [0.05, 0.1) is 28.5 Å². The van der Waals surface area contributed by atoms with Crippen LogP contribution in [-0.4, -0.2) is 52.5 Å². The highest BCUT2D eigenvalue weighted by Gasteiger charge is 2.50. The van der Waals surface area contributed by atoms with Crippen molar-refractivity contribution in [3.05, 3.63) is 101 Å². The van der Waals surface area contributed by atoms with Crippen LogP contribution in [0.1, 0.15) is 85.5 Å². The number of aromatic carboxylic acids is 2. The number of amides is 3. The topological polar surface area (TPSA) is 175 Å². The first-order valence-corrected chi connectivity index (χ1v) is 16.6. The van der Waals surface area contributed by atoms with Crippen molar-refractivity contribution in [1.82, 2.24) is 10.6 Å². The van der Waals surface area contributed by atoms with E-state index in [-0.39, 0.29) is 39.8 Å². The quantitative estimate of drug-likeness (QED) is 0.135. The van der Waals surface area contributed by atoms with Crippen LogP contribution in [0.2, 0.25) is 0 Å². The van der Waals surface area contributed by atoms with Crippen molar-refractivity contribution >= 4 is 46.3 Å². The molecule has 4 aliphatic carbocycles. The van der Waals surface area contributed by atoms with Crippen molar-refractivity contribution in [3.63, 3.8) is 0 Å². The molecule has 0 spiro atoms. The van der Waals surface area contributed by atoms with Gasteiger partial charge in [0.1, 0.15) is 11.6 Å². The number of carboxylic acid groups (broad SMARTS) is 2. The minimum atomic E-state index is -1.36. The largest absolute Gasteiger partial charge is 0.478 e. The summed E-state index contributed by atoms with van der Waals surface area (Å²) < 4.78 is 5.58. The van der Waals surface area contributed by atoms with E-state index in [4.69, 9.17) is 4.42 Å². The molecule has 3 aromatic carbocycles. The Balaban J connectivity index is 1.15. The van der Waals surface area contributed by atoms with Gasteiger partial charge < -0.3 is 30.6 Å². The Kier molecular flexibility index (Phi) is 8.43. The molecular weight excluding hydrogens is 626 g/mol. The van der Waals surface area contributed by atoms with Gasteiger partial charge in [0.15, 0.2) is 0 Å². The van der Waals surface area contributed by atoms with E-state index in [9.17, 15) is 34.2 Å². The van der Waals surface area contributed by atoms with E-state index in [1.54, 1.807) is 42.5 Å². The van der Waals surface area contributed by atoms with E-state index in [2.05, 4.69) is 16.0 Å².